The van der Waals surface area contributed by atoms with Crippen LogP contribution in [0.5, 0.6) is 5.75 Å². The SMILES string of the molecule is CC(C)Oc1ccc(-c2nc(-c3cccc4c3CC[C@H]4NC(=O)N3CC[C@H](N(C)C)C3)no2)cc1C#N. The first-order valence-corrected chi connectivity index (χ1v) is 12.7. The highest BCUT2D eigenvalue weighted by Gasteiger charge is 2.32. The molecule has 3 aromatic rings. The number of likely N-dealkylation sites (tertiary alicyclic amines) is 1. The van der Waals surface area contributed by atoms with Crippen molar-refractivity contribution in [3.8, 4) is 34.7 Å². The van der Waals surface area contributed by atoms with Crippen LogP contribution in [0.25, 0.3) is 22.8 Å². The number of amides is 2. The Balaban J connectivity index is 1.34. The molecule has 1 saturated heterocycles. The minimum atomic E-state index is -0.0427. The number of likely N-dealkylation sites (N-methyl/N-ethyl adjacent to an activating group) is 1. The van der Waals surface area contributed by atoms with E-state index < -0.39 is 0 Å². The predicted molar refractivity (Wildman–Crippen MR) is 139 cm³/mol. The van der Waals surface area contributed by atoms with E-state index in [0.29, 0.717) is 34.6 Å². The lowest BCUT2D eigenvalue weighted by Gasteiger charge is -2.23. The molecule has 2 amide bonds. The monoisotopic (exact) mass is 500 g/mol. The zero-order chi connectivity index (χ0) is 26.1. The maximum Gasteiger partial charge on any atom is 0.317 e. The second-order valence-corrected chi connectivity index (χ2v) is 10.2. The number of hydrogen-bond donors (Lipinski definition) is 1. The van der Waals surface area contributed by atoms with Gasteiger partial charge >= 0.3 is 6.03 Å². The number of aromatic nitrogens is 2. The van der Waals surface area contributed by atoms with Crippen LogP contribution in [0.15, 0.2) is 40.9 Å². The standard InChI is InChI=1S/C28H32N6O3/c1-17(2)36-25-11-8-18(14-19(25)15-29)27-31-26(32-37-27)23-7-5-6-22-21(23)9-10-24(22)30-28(35)34-13-12-20(16-34)33(3)4/h5-8,11,14,17,20,24H,9-10,12-13,16H2,1-4H3,(H,30,35)/t20-,24+/m0/s1. The van der Waals surface area contributed by atoms with Crippen molar-refractivity contribution in [3.05, 3.63) is 53.1 Å². The van der Waals surface area contributed by atoms with E-state index in [1.807, 2.05) is 36.9 Å². The van der Waals surface area contributed by atoms with E-state index in [1.54, 1.807) is 12.1 Å². The highest BCUT2D eigenvalue weighted by Crippen LogP contribution is 2.38. The molecule has 0 saturated carbocycles. The van der Waals surface area contributed by atoms with Crippen molar-refractivity contribution in [3.63, 3.8) is 0 Å². The Morgan fingerprint density at radius 1 is 1.27 bits per heavy atom. The van der Waals surface area contributed by atoms with Gasteiger partial charge in [0.1, 0.15) is 11.8 Å². The number of nitriles is 1. The number of rotatable bonds is 6. The van der Waals surface area contributed by atoms with Crippen molar-refractivity contribution in [1.29, 1.82) is 5.26 Å². The Morgan fingerprint density at radius 3 is 2.84 bits per heavy atom. The van der Waals surface area contributed by atoms with Crippen molar-refractivity contribution in [2.45, 2.75) is 51.3 Å². The highest BCUT2D eigenvalue weighted by atomic mass is 16.5. The van der Waals surface area contributed by atoms with Crippen molar-refractivity contribution < 1.29 is 14.1 Å². The van der Waals surface area contributed by atoms with E-state index >= 15 is 0 Å². The maximum absolute atomic E-state index is 13.0. The molecule has 9 heteroatoms. The molecule has 0 unspecified atom stereocenters. The molecule has 2 aromatic carbocycles. The molecule has 1 aliphatic carbocycles. The highest BCUT2D eigenvalue weighted by molar-refractivity contribution is 5.76. The summed E-state index contributed by atoms with van der Waals surface area (Å²) in [5, 5.41) is 17.0. The molecule has 9 nitrogen and oxygen atoms in total. The quantitative estimate of drug-likeness (QED) is 0.535. The zero-order valence-corrected chi connectivity index (χ0v) is 21.7. The number of ether oxygens (including phenoxy) is 1. The topological polar surface area (TPSA) is 108 Å². The summed E-state index contributed by atoms with van der Waals surface area (Å²) in [6.07, 6.45) is 2.61. The van der Waals surface area contributed by atoms with Crippen LogP contribution in [0, 0.1) is 11.3 Å². The molecule has 0 bridgehead atoms. The lowest BCUT2D eigenvalue weighted by molar-refractivity contribution is 0.199. The summed E-state index contributed by atoms with van der Waals surface area (Å²) in [6.45, 7) is 5.36. The van der Waals surface area contributed by atoms with Crippen molar-refractivity contribution in [2.75, 3.05) is 27.2 Å². The first-order chi connectivity index (χ1) is 17.8. The molecule has 0 spiro atoms. The van der Waals surface area contributed by atoms with Crippen LogP contribution in [-0.2, 0) is 6.42 Å². The third-order valence-corrected chi connectivity index (χ3v) is 7.13. The zero-order valence-electron chi connectivity index (χ0n) is 21.7. The fraction of sp³-hybridized carbons (Fsp3) is 0.429. The van der Waals surface area contributed by atoms with Crippen LogP contribution >= 0.6 is 0 Å². The Hall–Kier alpha value is -3.90. The number of carbonyl (C=O) groups is 1. The number of fused-ring (bicyclic) bond motifs is 1. The van der Waals surface area contributed by atoms with Gasteiger partial charge in [0.05, 0.1) is 17.7 Å². The van der Waals surface area contributed by atoms with Crippen LogP contribution in [0.1, 0.15) is 49.4 Å². The fourth-order valence-electron chi connectivity index (χ4n) is 5.16. The van der Waals surface area contributed by atoms with Gasteiger partial charge in [-0.3, -0.25) is 0 Å². The third kappa shape index (κ3) is 5.02. The molecule has 37 heavy (non-hydrogen) atoms. The predicted octanol–water partition coefficient (Wildman–Crippen LogP) is 4.40. The molecule has 1 fully saturated rings. The van der Waals surface area contributed by atoms with Gasteiger partial charge < -0.3 is 24.4 Å². The molecule has 1 aliphatic heterocycles. The molecule has 192 valence electrons. The Labute approximate surface area is 217 Å². The molecular formula is C28H32N6O3. The van der Waals surface area contributed by atoms with Crippen molar-refractivity contribution in [1.82, 2.24) is 25.3 Å². The number of urea groups is 1. The third-order valence-electron chi connectivity index (χ3n) is 7.13. The smallest absolute Gasteiger partial charge is 0.317 e. The van der Waals surface area contributed by atoms with Crippen LogP contribution in [0.2, 0.25) is 0 Å². The van der Waals surface area contributed by atoms with Gasteiger partial charge in [-0.2, -0.15) is 10.2 Å². The Bertz CT molecular complexity index is 1340. The minimum absolute atomic E-state index is 0.00681. The molecule has 2 heterocycles. The average molecular weight is 501 g/mol. The van der Waals surface area contributed by atoms with E-state index in [1.165, 1.54) is 0 Å². The molecule has 1 N–H and O–H groups in total. The Kier molecular flexibility index (Phi) is 6.85. The normalized spacial score (nSPS) is 18.8. The van der Waals surface area contributed by atoms with Crippen LogP contribution in [-0.4, -0.2) is 65.3 Å². The van der Waals surface area contributed by atoms with Crippen LogP contribution in [0.4, 0.5) is 4.79 Å². The lowest BCUT2D eigenvalue weighted by Crippen LogP contribution is -2.41. The van der Waals surface area contributed by atoms with Crippen molar-refractivity contribution in [2.24, 2.45) is 0 Å². The van der Waals surface area contributed by atoms with Crippen LogP contribution < -0.4 is 10.1 Å². The van der Waals surface area contributed by atoms with Crippen molar-refractivity contribution >= 4 is 6.03 Å². The van der Waals surface area contributed by atoms with Gasteiger partial charge in [0.2, 0.25) is 5.82 Å². The molecule has 2 atom stereocenters. The van der Waals surface area contributed by atoms with E-state index in [9.17, 15) is 10.1 Å². The summed E-state index contributed by atoms with van der Waals surface area (Å²) in [6, 6.07) is 13.8. The van der Waals surface area contributed by atoms with E-state index in [-0.39, 0.29) is 18.2 Å². The second-order valence-electron chi connectivity index (χ2n) is 10.2. The molecule has 1 aromatic heterocycles. The number of hydrogen-bond acceptors (Lipinski definition) is 7. The number of nitrogens with one attached hydrogen (secondary N) is 1. The summed E-state index contributed by atoms with van der Waals surface area (Å²) in [4.78, 5) is 21.7. The summed E-state index contributed by atoms with van der Waals surface area (Å²) < 4.78 is 11.3. The van der Waals surface area contributed by atoms with Gasteiger partial charge in [0.25, 0.3) is 5.89 Å². The lowest BCUT2D eigenvalue weighted by atomic mass is 10.0. The van der Waals surface area contributed by atoms with Gasteiger partial charge in [0, 0.05) is 30.3 Å². The fourth-order valence-corrected chi connectivity index (χ4v) is 5.16. The van der Waals surface area contributed by atoms with Gasteiger partial charge in [0.15, 0.2) is 0 Å². The summed E-state index contributed by atoms with van der Waals surface area (Å²) in [5.41, 5.74) is 4.21. The van der Waals surface area contributed by atoms with E-state index in [2.05, 4.69) is 46.6 Å². The number of benzene rings is 2. The largest absolute Gasteiger partial charge is 0.490 e. The molecule has 2 aliphatic rings. The summed E-state index contributed by atoms with van der Waals surface area (Å²) >= 11 is 0. The summed E-state index contributed by atoms with van der Waals surface area (Å²) in [7, 11) is 4.12. The average Bonchev–Trinajstić information content (AvgIpc) is 3.64. The number of nitrogens with zero attached hydrogens (tertiary/aromatic N) is 5. The van der Waals surface area contributed by atoms with Crippen LogP contribution in [0.3, 0.4) is 0 Å². The molecule has 0 radical (unpaired) electrons. The first-order valence-electron chi connectivity index (χ1n) is 12.7. The molecule has 5 rings (SSSR count). The summed E-state index contributed by atoms with van der Waals surface area (Å²) in [5.74, 6) is 1.36. The van der Waals surface area contributed by atoms with E-state index in [4.69, 9.17) is 9.26 Å². The number of carbonyl (C=O) groups excluding carboxylic acids is 1. The van der Waals surface area contributed by atoms with Gasteiger partial charge in [-0.1, -0.05) is 23.4 Å². The van der Waals surface area contributed by atoms with Gasteiger partial charge in [-0.15, -0.1) is 0 Å². The molecular weight excluding hydrogens is 468 g/mol. The second kappa shape index (κ2) is 10.2. The van der Waals surface area contributed by atoms with E-state index in [0.717, 1.165) is 49.0 Å². The minimum Gasteiger partial charge on any atom is -0.490 e. The van der Waals surface area contributed by atoms with Gasteiger partial charge in [-0.05, 0) is 76.5 Å². The Morgan fingerprint density at radius 2 is 2.11 bits per heavy atom. The maximum atomic E-state index is 13.0. The van der Waals surface area contributed by atoms with Gasteiger partial charge in [-0.25, -0.2) is 4.79 Å². The first kappa shape index (κ1) is 24.8.